The van der Waals surface area contributed by atoms with E-state index in [9.17, 15) is 0 Å². The molecule has 0 bridgehead atoms. The fourth-order valence-electron chi connectivity index (χ4n) is 1.01. The maximum Gasteiger partial charge on any atom is 0.321 e. The van der Waals surface area contributed by atoms with Gasteiger partial charge in [-0.1, -0.05) is 18.7 Å². The van der Waals surface area contributed by atoms with Crippen molar-refractivity contribution < 1.29 is 9.84 Å². The number of aliphatic hydroxyl groups is 1. The van der Waals surface area contributed by atoms with Gasteiger partial charge in [0, 0.05) is 18.9 Å². The zero-order valence-corrected chi connectivity index (χ0v) is 10.4. The Kier molecular flexibility index (Phi) is 5.27. The lowest BCUT2D eigenvalue weighted by atomic mass is 10.4. The highest BCUT2D eigenvalue weighted by Gasteiger charge is 2.10. The number of nitrogens with zero attached hydrogens (tertiary/aromatic N) is 3. The number of anilines is 1. The number of nitrogens with one attached hydrogen (secondary N) is 1. The molecule has 1 unspecified atom stereocenters. The number of aromatic nitrogens is 3. The van der Waals surface area contributed by atoms with Gasteiger partial charge in [0.1, 0.15) is 0 Å². The lowest BCUT2D eigenvalue weighted by molar-refractivity contribution is 0.289. The van der Waals surface area contributed by atoms with Crippen LogP contribution in [0.4, 0.5) is 5.95 Å². The molecule has 6 nitrogen and oxygen atoms in total. The van der Waals surface area contributed by atoms with Gasteiger partial charge in [-0.3, -0.25) is 0 Å². The maximum atomic E-state index is 8.81. The van der Waals surface area contributed by atoms with Gasteiger partial charge >= 0.3 is 6.01 Å². The summed E-state index contributed by atoms with van der Waals surface area (Å²) in [7, 11) is 3.25. The fourth-order valence-corrected chi connectivity index (χ4v) is 1.87. The average Bonchev–Trinajstić information content (AvgIpc) is 2.28. The first-order valence-corrected chi connectivity index (χ1v) is 5.83. The smallest absolute Gasteiger partial charge is 0.321 e. The summed E-state index contributed by atoms with van der Waals surface area (Å²) < 4.78 is 4.97. The van der Waals surface area contributed by atoms with Crippen molar-refractivity contribution in [3.05, 3.63) is 0 Å². The number of aliphatic hydroxyl groups excluding tert-OH is 1. The molecule has 2 N–H and O–H groups in total. The highest BCUT2D eigenvalue weighted by Crippen LogP contribution is 2.23. The number of thioether (sulfide) groups is 1. The van der Waals surface area contributed by atoms with Crippen LogP contribution in [0.15, 0.2) is 5.16 Å². The van der Waals surface area contributed by atoms with E-state index in [0.29, 0.717) is 17.5 Å². The standard InChI is InChI=1S/C9H16N4O2S/c1-6(4-5-14)16-9-12-7(10-2)11-8(13-9)15-3/h6,14H,4-5H2,1-3H3,(H,10,11,12,13). The molecule has 7 heteroatoms. The maximum absolute atomic E-state index is 8.81. The molecule has 1 aromatic heterocycles. The van der Waals surface area contributed by atoms with E-state index >= 15 is 0 Å². The van der Waals surface area contributed by atoms with Gasteiger partial charge in [0.05, 0.1) is 7.11 Å². The zero-order valence-electron chi connectivity index (χ0n) is 9.60. The molecule has 1 rings (SSSR count). The molecule has 0 aliphatic heterocycles. The Morgan fingerprint density at radius 1 is 1.44 bits per heavy atom. The monoisotopic (exact) mass is 244 g/mol. The summed E-state index contributed by atoms with van der Waals surface area (Å²) in [5.41, 5.74) is 0. The van der Waals surface area contributed by atoms with Gasteiger partial charge in [-0.15, -0.1) is 0 Å². The van der Waals surface area contributed by atoms with Gasteiger partial charge in [0.2, 0.25) is 5.95 Å². The van der Waals surface area contributed by atoms with Crippen LogP contribution in [0.3, 0.4) is 0 Å². The third-order valence-electron chi connectivity index (χ3n) is 1.84. The number of ether oxygens (including phenoxy) is 1. The minimum Gasteiger partial charge on any atom is -0.467 e. The molecule has 1 atom stereocenters. The molecular weight excluding hydrogens is 228 g/mol. The van der Waals surface area contributed by atoms with Crippen molar-refractivity contribution >= 4 is 17.7 Å². The van der Waals surface area contributed by atoms with Crippen molar-refractivity contribution in [2.24, 2.45) is 0 Å². The highest BCUT2D eigenvalue weighted by molar-refractivity contribution is 7.99. The van der Waals surface area contributed by atoms with Crippen LogP contribution in [0.25, 0.3) is 0 Å². The predicted molar refractivity (Wildman–Crippen MR) is 62.9 cm³/mol. The Morgan fingerprint density at radius 2 is 2.19 bits per heavy atom. The lowest BCUT2D eigenvalue weighted by Gasteiger charge is -2.09. The third-order valence-corrected chi connectivity index (χ3v) is 2.87. The average molecular weight is 244 g/mol. The quantitative estimate of drug-likeness (QED) is 0.716. The minimum absolute atomic E-state index is 0.162. The number of hydrogen-bond acceptors (Lipinski definition) is 7. The molecule has 0 aliphatic rings. The van der Waals surface area contributed by atoms with E-state index in [1.54, 1.807) is 7.05 Å². The number of rotatable bonds is 6. The van der Waals surface area contributed by atoms with E-state index in [-0.39, 0.29) is 17.9 Å². The molecule has 0 aromatic carbocycles. The van der Waals surface area contributed by atoms with Crippen LogP contribution in [0.1, 0.15) is 13.3 Å². The second-order valence-corrected chi connectivity index (χ2v) is 4.52. The third kappa shape index (κ3) is 3.82. The second-order valence-electron chi connectivity index (χ2n) is 3.12. The Bertz CT molecular complexity index is 315. The van der Waals surface area contributed by atoms with Crippen LogP contribution in [0.5, 0.6) is 6.01 Å². The molecule has 1 heterocycles. The molecule has 90 valence electrons. The van der Waals surface area contributed by atoms with Crippen molar-refractivity contribution in [3.63, 3.8) is 0 Å². The van der Waals surface area contributed by atoms with Crippen LogP contribution in [0.2, 0.25) is 0 Å². The molecule has 0 amide bonds. The largest absolute Gasteiger partial charge is 0.467 e. The molecule has 0 saturated carbocycles. The summed E-state index contributed by atoms with van der Waals surface area (Å²) >= 11 is 1.48. The van der Waals surface area contributed by atoms with E-state index in [4.69, 9.17) is 9.84 Å². The number of hydrogen-bond donors (Lipinski definition) is 2. The van der Waals surface area contributed by atoms with E-state index in [2.05, 4.69) is 20.3 Å². The van der Waals surface area contributed by atoms with E-state index < -0.39 is 0 Å². The van der Waals surface area contributed by atoms with Crippen molar-refractivity contribution in [2.45, 2.75) is 23.8 Å². The Hall–Kier alpha value is -1.08. The fraction of sp³-hybridized carbons (Fsp3) is 0.667. The van der Waals surface area contributed by atoms with E-state index in [1.165, 1.54) is 18.9 Å². The SMILES string of the molecule is CNc1nc(OC)nc(SC(C)CCO)n1. The zero-order chi connectivity index (χ0) is 12.0. The van der Waals surface area contributed by atoms with Gasteiger partial charge < -0.3 is 15.2 Å². The molecule has 0 fully saturated rings. The van der Waals surface area contributed by atoms with Crippen LogP contribution in [-0.2, 0) is 0 Å². The van der Waals surface area contributed by atoms with Crippen LogP contribution < -0.4 is 10.1 Å². The van der Waals surface area contributed by atoms with Gasteiger partial charge in [0.15, 0.2) is 5.16 Å². The summed E-state index contributed by atoms with van der Waals surface area (Å²) in [6.07, 6.45) is 0.702. The van der Waals surface area contributed by atoms with Crippen molar-refractivity contribution in [1.29, 1.82) is 0 Å². The lowest BCUT2D eigenvalue weighted by Crippen LogP contribution is -2.05. The van der Waals surface area contributed by atoms with Crippen molar-refractivity contribution in [1.82, 2.24) is 15.0 Å². The van der Waals surface area contributed by atoms with Crippen LogP contribution >= 0.6 is 11.8 Å². The summed E-state index contributed by atoms with van der Waals surface area (Å²) in [4.78, 5) is 12.3. The van der Waals surface area contributed by atoms with Gasteiger partial charge in [-0.2, -0.15) is 15.0 Å². The molecule has 0 aliphatic carbocycles. The minimum atomic E-state index is 0.162. The van der Waals surface area contributed by atoms with E-state index in [0.717, 1.165) is 0 Å². The first-order valence-electron chi connectivity index (χ1n) is 4.95. The second kappa shape index (κ2) is 6.49. The van der Waals surface area contributed by atoms with Gasteiger partial charge in [0.25, 0.3) is 0 Å². The Labute approximate surface area is 98.9 Å². The molecule has 0 spiro atoms. The predicted octanol–water partition coefficient (Wildman–Crippen LogP) is 0.785. The molecule has 0 saturated heterocycles. The summed E-state index contributed by atoms with van der Waals surface area (Å²) in [6, 6.07) is 0.290. The first kappa shape index (κ1) is 13.0. The topological polar surface area (TPSA) is 80.2 Å². The molecular formula is C9H16N4O2S. The van der Waals surface area contributed by atoms with Crippen LogP contribution in [-0.4, -0.2) is 46.1 Å². The van der Waals surface area contributed by atoms with Crippen molar-refractivity contribution in [3.8, 4) is 6.01 Å². The van der Waals surface area contributed by atoms with Gasteiger partial charge in [-0.25, -0.2) is 0 Å². The summed E-state index contributed by atoms with van der Waals surface area (Å²) in [6.45, 7) is 2.17. The van der Waals surface area contributed by atoms with E-state index in [1.807, 2.05) is 6.92 Å². The van der Waals surface area contributed by atoms with Crippen LogP contribution in [0, 0.1) is 0 Å². The number of methoxy groups -OCH3 is 1. The Morgan fingerprint density at radius 3 is 2.75 bits per heavy atom. The van der Waals surface area contributed by atoms with Gasteiger partial charge in [-0.05, 0) is 6.42 Å². The highest BCUT2D eigenvalue weighted by atomic mass is 32.2. The molecule has 1 aromatic rings. The molecule has 0 radical (unpaired) electrons. The summed E-state index contributed by atoms with van der Waals surface area (Å²) in [5, 5.41) is 12.5. The Balaban J connectivity index is 2.78. The summed E-state index contributed by atoms with van der Waals surface area (Å²) in [5.74, 6) is 0.477. The molecule has 16 heavy (non-hydrogen) atoms. The normalized spacial score (nSPS) is 12.2. The van der Waals surface area contributed by atoms with Crippen molar-refractivity contribution in [2.75, 3.05) is 26.1 Å². The first-order chi connectivity index (χ1) is 7.69.